The summed E-state index contributed by atoms with van der Waals surface area (Å²) < 4.78 is 17.7. The number of hydrogen-bond donors (Lipinski definition) is 2. The Morgan fingerprint density at radius 3 is 2.38 bits per heavy atom. The lowest BCUT2D eigenvalue weighted by molar-refractivity contribution is -0.0199. The highest BCUT2D eigenvalue weighted by Gasteiger charge is 2.33. The van der Waals surface area contributed by atoms with Crippen LogP contribution in [0.2, 0.25) is 0 Å². The van der Waals surface area contributed by atoms with Gasteiger partial charge in [0.2, 0.25) is 0 Å². The number of piperidine rings is 1. The molecule has 0 saturated carbocycles. The summed E-state index contributed by atoms with van der Waals surface area (Å²) in [5.41, 5.74) is 3.19. The van der Waals surface area contributed by atoms with Gasteiger partial charge in [0.1, 0.15) is 18.5 Å². The number of amides is 1. The largest absolute Gasteiger partial charge is 0.491 e. The smallest absolute Gasteiger partial charge is 0.407 e. The lowest BCUT2D eigenvalue weighted by Gasteiger charge is -2.37. The van der Waals surface area contributed by atoms with Crippen LogP contribution in [0.4, 0.5) is 4.79 Å². The molecule has 1 aliphatic rings. The Morgan fingerprint density at radius 1 is 0.850 bits per heavy atom. The van der Waals surface area contributed by atoms with E-state index in [2.05, 4.69) is 30.3 Å². The first-order chi connectivity index (χ1) is 19.5. The first-order valence-electron chi connectivity index (χ1n) is 13.6. The molecule has 0 radical (unpaired) electrons. The second-order valence-electron chi connectivity index (χ2n) is 10.2. The van der Waals surface area contributed by atoms with Gasteiger partial charge in [0, 0.05) is 12.5 Å². The Morgan fingerprint density at radius 2 is 1.60 bits per heavy atom. The van der Waals surface area contributed by atoms with E-state index < -0.39 is 12.2 Å². The van der Waals surface area contributed by atoms with Crippen LogP contribution in [0.25, 0.3) is 10.8 Å². The molecule has 3 atom stereocenters. The van der Waals surface area contributed by atoms with Gasteiger partial charge >= 0.3 is 6.09 Å². The van der Waals surface area contributed by atoms with Crippen LogP contribution >= 0.6 is 0 Å². The number of nitrogens with zero attached hydrogens (tertiary/aromatic N) is 1. The Balaban J connectivity index is 1.16. The predicted octanol–water partition coefficient (Wildman–Crippen LogP) is 5.85. The highest BCUT2D eigenvalue weighted by atomic mass is 16.5. The average molecular weight is 542 g/mol. The lowest BCUT2D eigenvalue weighted by atomic mass is 9.87. The third-order valence-electron chi connectivity index (χ3n) is 7.28. The van der Waals surface area contributed by atoms with Gasteiger partial charge in [-0.1, -0.05) is 78.9 Å². The number of benzene rings is 4. The lowest BCUT2D eigenvalue weighted by Crippen LogP contribution is -2.46. The van der Waals surface area contributed by atoms with Crippen LogP contribution in [-0.4, -0.2) is 59.7 Å². The highest BCUT2D eigenvalue weighted by Crippen LogP contribution is 2.32. The summed E-state index contributed by atoms with van der Waals surface area (Å²) in [4.78, 5) is 13.1. The minimum Gasteiger partial charge on any atom is -0.491 e. The van der Waals surface area contributed by atoms with E-state index in [0.29, 0.717) is 38.5 Å². The standard InChI is InChI=1S/C33H35NO6/c35-29(22-38-20-24-6-2-1-3-7-24)23-39-30-14-12-27(13-15-30)31-16-17-34(33(36)37)19-32(31)40-21-25-10-11-26-8-4-5-9-28(26)18-25/h1-15,18,29,31-32,35H,16-17,19-23H2,(H,36,37). The molecule has 4 aromatic carbocycles. The van der Waals surface area contributed by atoms with Crippen LogP contribution in [0.3, 0.4) is 0 Å². The van der Waals surface area contributed by atoms with E-state index in [4.69, 9.17) is 14.2 Å². The molecule has 0 spiro atoms. The number of carbonyl (C=O) groups is 1. The van der Waals surface area contributed by atoms with E-state index in [1.165, 1.54) is 10.3 Å². The van der Waals surface area contributed by atoms with Gasteiger partial charge in [0.15, 0.2) is 0 Å². The number of aliphatic hydroxyl groups excluding tert-OH is 1. The first-order valence-corrected chi connectivity index (χ1v) is 13.6. The van der Waals surface area contributed by atoms with Crippen molar-refractivity contribution in [2.45, 2.75) is 37.8 Å². The third-order valence-corrected chi connectivity index (χ3v) is 7.28. The Labute approximate surface area is 234 Å². The fourth-order valence-corrected chi connectivity index (χ4v) is 5.11. The number of carboxylic acid groups (broad SMARTS) is 1. The molecule has 1 heterocycles. The van der Waals surface area contributed by atoms with E-state index in [9.17, 15) is 15.0 Å². The van der Waals surface area contributed by atoms with Gasteiger partial charge in [-0.25, -0.2) is 4.79 Å². The zero-order valence-corrected chi connectivity index (χ0v) is 22.4. The second kappa shape index (κ2) is 13.4. The molecule has 0 bridgehead atoms. The average Bonchev–Trinajstić information content (AvgIpc) is 2.99. The topological polar surface area (TPSA) is 88.5 Å². The predicted molar refractivity (Wildman–Crippen MR) is 154 cm³/mol. The maximum absolute atomic E-state index is 11.7. The zero-order chi connectivity index (χ0) is 27.7. The van der Waals surface area contributed by atoms with Crippen LogP contribution in [0, 0.1) is 0 Å². The summed E-state index contributed by atoms with van der Waals surface area (Å²) in [6.07, 6.45) is -1.26. The number of hydrogen-bond acceptors (Lipinski definition) is 5. The molecule has 2 N–H and O–H groups in total. The SMILES string of the molecule is O=C(O)N1CCC(c2ccc(OCC(O)COCc3ccccc3)cc2)C(OCc2ccc3ccccc3c2)C1. The van der Waals surface area contributed by atoms with Crippen molar-refractivity contribution in [1.82, 2.24) is 4.90 Å². The summed E-state index contributed by atoms with van der Waals surface area (Å²) in [5, 5.41) is 22.2. The normalized spacial score (nSPS) is 18.0. The van der Waals surface area contributed by atoms with Crippen LogP contribution < -0.4 is 4.74 Å². The molecule has 7 nitrogen and oxygen atoms in total. The molecule has 208 valence electrons. The first kappa shape index (κ1) is 27.6. The molecule has 1 fully saturated rings. The van der Waals surface area contributed by atoms with Crippen molar-refractivity contribution in [3.8, 4) is 5.75 Å². The summed E-state index contributed by atoms with van der Waals surface area (Å²) in [6.45, 7) is 1.94. The van der Waals surface area contributed by atoms with Gasteiger partial charge in [0.05, 0.1) is 32.5 Å². The quantitative estimate of drug-likeness (QED) is 0.248. The van der Waals surface area contributed by atoms with Crippen LogP contribution in [0.5, 0.6) is 5.75 Å². The molecule has 7 heteroatoms. The van der Waals surface area contributed by atoms with E-state index >= 15 is 0 Å². The fraction of sp³-hybridized carbons (Fsp3) is 0.303. The van der Waals surface area contributed by atoms with Crippen LogP contribution in [0.1, 0.15) is 29.0 Å². The van der Waals surface area contributed by atoms with E-state index in [1.807, 2.05) is 66.7 Å². The molecule has 0 aliphatic carbocycles. The molecule has 40 heavy (non-hydrogen) atoms. The maximum atomic E-state index is 11.7. The summed E-state index contributed by atoms with van der Waals surface area (Å²) in [5.74, 6) is 0.713. The van der Waals surface area contributed by atoms with Crippen molar-refractivity contribution < 1.29 is 29.2 Å². The molecule has 3 unspecified atom stereocenters. The van der Waals surface area contributed by atoms with Crippen molar-refractivity contribution in [3.05, 3.63) is 114 Å². The van der Waals surface area contributed by atoms with Crippen molar-refractivity contribution >= 4 is 16.9 Å². The van der Waals surface area contributed by atoms with Gasteiger partial charge in [0.25, 0.3) is 0 Å². The third kappa shape index (κ3) is 7.39. The Bertz CT molecular complexity index is 1380. The highest BCUT2D eigenvalue weighted by molar-refractivity contribution is 5.82. The van der Waals surface area contributed by atoms with E-state index in [0.717, 1.165) is 22.1 Å². The van der Waals surface area contributed by atoms with Crippen LogP contribution in [0.15, 0.2) is 97.1 Å². The number of rotatable bonds is 11. The van der Waals surface area contributed by atoms with Crippen molar-refractivity contribution in [2.75, 3.05) is 26.3 Å². The monoisotopic (exact) mass is 541 g/mol. The van der Waals surface area contributed by atoms with Crippen molar-refractivity contribution in [2.24, 2.45) is 0 Å². The molecule has 1 amide bonds. The minimum absolute atomic E-state index is 0.0575. The molecule has 5 rings (SSSR count). The molecule has 1 saturated heterocycles. The maximum Gasteiger partial charge on any atom is 0.407 e. The van der Waals surface area contributed by atoms with Gasteiger partial charge in [-0.05, 0) is 52.1 Å². The number of aliphatic hydroxyl groups is 1. The van der Waals surface area contributed by atoms with Crippen molar-refractivity contribution in [1.29, 1.82) is 0 Å². The van der Waals surface area contributed by atoms with Gasteiger partial charge in [-0.2, -0.15) is 0 Å². The summed E-state index contributed by atoms with van der Waals surface area (Å²) >= 11 is 0. The molecule has 1 aliphatic heterocycles. The zero-order valence-electron chi connectivity index (χ0n) is 22.4. The molecular formula is C33H35NO6. The summed E-state index contributed by atoms with van der Waals surface area (Å²) in [7, 11) is 0. The molecular weight excluding hydrogens is 506 g/mol. The minimum atomic E-state index is -0.923. The van der Waals surface area contributed by atoms with Crippen LogP contribution in [-0.2, 0) is 22.7 Å². The van der Waals surface area contributed by atoms with Gasteiger partial charge in [-0.15, -0.1) is 0 Å². The molecule has 0 aromatic heterocycles. The van der Waals surface area contributed by atoms with Gasteiger partial charge in [-0.3, -0.25) is 0 Å². The number of fused-ring (bicyclic) bond motifs is 1. The van der Waals surface area contributed by atoms with Crippen molar-refractivity contribution in [3.63, 3.8) is 0 Å². The summed E-state index contributed by atoms with van der Waals surface area (Å²) in [6, 6.07) is 32.1. The van der Waals surface area contributed by atoms with E-state index in [-0.39, 0.29) is 25.2 Å². The Hall–Kier alpha value is -3.91. The number of likely N-dealkylation sites (tertiary alicyclic amines) is 1. The Kier molecular flexibility index (Phi) is 9.29. The number of ether oxygens (including phenoxy) is 3. The second-order valence-corrected chi connectivity index (χ2v) is 10.2. The van der Waals surface area contributed by atoms with Gasteiger partial charge < -0.3 is 29.3 Å². The molecule has 4 aromatic rings. The fourth-order valence-electron chi connectivity index (χ4n) is 5.11. The van der Waals surface area contributed by atoms with E-state index in [1.54, 1.807) is 0 Å².